The Bertz CT molecular complexity index is 1390. The zero-order valence-electron chi connectivity index (χ0n) is 25.6. The number of halogens is 2. The number of hydrogen-bond donors (Lipinski definition) is 2. The monoisotopic (exact) mass is 635 g/mol. The van der Waals surface area contributed by atoms with E-state index in [1.54, 1.807) is 0 Å². The van der Waals surface area contributed by atoms with Crippen LogP contribution in [0.4, 0.5) is 0 Å². The summed E-state index contributed by atoms with van der Waals surface area (Å²) in [5, 5.41) is 7.92. The lowest BCUT2D eigenvalue weighted by Crippen LogP contribution is -2.56. The topological polar surface area (TPSA) is 67.9 Å². The minimum atomic E-state index is -0.658. The third-order valence-electron chi connectivity index (χ3n) is 8.99. The molecule has 1 saturated heterocycles. The minimum Gasteiger partial charge on any atom is -0.344 e. The van der Waals surface area contributed by atoms with Crippen molar-refractivity contribution in [2.75, 3.05) is 45.8 Å². The van der Waals surface area contributed by atoms with Gasteiger partial charge in [0.2, 0.25) is 11.8 Å². The number of nitrogens with zero attached hydrogens (tertiary/aromatic N) is 3. The van der Waals surface area contributed by atoms with Gasteiger partial charge in [0.25, 0.3) is 0 Å². The Hall–Kier alpha value is -2.94. The Kier molecular flexibility index (Phi) is 11.3. The van der Waals surface area contributed by atoms with E-state index in [1.165, 1.54) is 11.1 Å². The molecule has 44 heavy (non-hydrogen) atoms. The van der Waals surface area contributed by atoms with E-state index < -0.39 is 6.04 Å². The number of likely N-dealkylation sites (N-methyl/N-ethyl adjacent to an activating group) is 1. The van der Waals surface area contributed by atoms with Crippen molar-refractivity contribution < 1.29 is 9.59 Å². The summed E-state index contributed by atoms with van der Waals surface area (Å²) < 4.78 is 0. The largest absolute Gasteiger partial charge is 0.344 e. The third kappa shape index (κ3) is 8.20. The number of benzene rings is 3. The van der Waals surface area contributed by atoms with Crippen molar-refractivity contribution in [1.82, 2.24) is 25.3 Å². The van der Waals surface area contributed by atoms with Gasteiger partial charge < -0.3 is 20.4 Å². The molecule has 3 aromatic rings. The summed E-state index contributed by atoms with van der Waals surface area (Å²) in [5.41, 5.74) is 4.56. The standard InChI is InChI=1S/C35H43Cl2N5O2/c1-3-40(4-2)24-33(26-11-15-29(37)16-12-26)41-17-19-42(20-18-41)35(44)32(21-25-9-13-28(36)14-10-25)39-34(43)22-31-30-8-6-5-7-27(30)23-38-31/h5-16,31-33,38H,3-4,17-24H2,1-2H3,(H,39,43). The van der Waals surface area contributed by atoms with E-state index in [1.807, 2.05) is 53.4 Å². The molecule has 0 saturated carbocycles. The van der Waals surface area contributed by atoms with Crippen LogP contribution in [0.15, 0.2) is 72.8 Å². The number of carbonyl (C=O) groups excluding carboxylic acids is 2. The summed E-state index contributed by atoms with van der Waals surface area (Å²) in [5.74, 6) is -0.174. The summed E-state index contributed by atoms with van der Waals surface area (Å²) in [6, 6.07) is 23.3. The number of rotatable bonds is 12. The Morgan fingerprint density at radius 1 is 0.909 bits per heavy atom. The molecule has 2 heterocycles. The molecule has 2 amide bonds. The summed E-state index contributed by atoms with van der Waals surface area (Å²) in [6.45, 7) is 10.7. The van der Waals surface area contributed by atoms with Crippen LogP contribution in [0.25, 0.3) is 0 Å². The van der Waals surface area contributed by atoms with Crippen molar-refractivity contribution in [2.45, 2.75) is 51.4 Å². The predicted molar refractivity (Wildman–Crippen MR) is 178 cm³/mol. The van der Waals surface area contributed by atoms with E-state index in [4.69, 9.17) is 23.2 Å². The summed E-state index contributed by atoms with van der Waals surface area (Å²) >= 11 is 12.3. The highest BCUT2D eigenvalue weighted by molar-refractivity contribution is 6.30. The molecular formula is C35H43Cl2N5O2. The number of fused-ring (bicyclic) bond motifs is 1. The average molecular weight is 637 g/mol. The van der Waals surface area contributed by atoms with Gasteiger partial charge in [-0.15, -0.1) is 0 Å². The fraction of sp³-hybridized carbons (Fsp3) is 0.429. The lowest BCUT2D eigenvalue weighted by atomic mass is 10.0. The molecule has 0 aliphatic carbocycles. The Balaban J connectivity index is 1.27. The van der Waals surface area contributed by atoms with Crippen molar-refractivity contribution in [2.24, 2.45) is 0 Å². The van der Waals surface area contributed by atoms with Crippen LogP contribution < -0.4 is 10.6 Å². The minimum absolute atomic E-state index is 0.0421. The van der Waals surface area contributed by atoms with E-state index in [0.717, 1.165) is 55.4 Å². The fourth-order valence-corrected chi connectivity index (χ4v) is 6.62. The third-order valence-corrected chi connectivity index (χ3v) is 9.50. The van der Waals surface area contributed by atoms with Gasteiger partial charge >= 0.3 is 0 Å². The maximum atomic E-state index is 14.0. The number of amides is 2. The fourth-order valence-electron chi connectivity index (χ4n) is 6.37. The quantitative estimate of drug-likeness (QED) is 0.276. The number of piperazine rings is 1. The first kappa shape index (κ1) is 32.5. The van der Waals surface area contributed by atoms with Crippen LogP contribution in [0.3, 0.4) is 0 Å². The van der Waals surface area contributed by atoms with E-state index >= 15 is 0 Å². The van der Waals surface area contributed by atoms with E-state index in [0.29, 0.717) is 24.5 Å². The first-order chi connectivity index (χ1) is 21.3. The van der Waals surface area contributed by atoms with Crippen LogP contribution in [0.5, 0.6) is 0 Å². The van der Waals surface area contributed by atoms with Gasteiger partial charge in [0.1, 0.15) is 6.04 Å². The average Bonchev–Trinajstić information content (AvgIpc) is 3.45. The Morgan fingerprint density at radius 3 is 2.20 bits per heavy atom. The second-order valence-corrected chi connectivity index (χ2v) is 12.6. The van der Waals surface area contributed by atoms with Crippen LogP contribution in [-0.4, -0.2) is 78.4 Å². The lowest BCUT2D eigenvalue weighted by Gasteiger charge is -2.42. The van der Waals surface area contributed by atoms with Gasteiger partial charge in [0.15, 0.2) is 0 Å². The molecule has 9 heteroatoms. The van der Waals surface area contributed by atoms with E-state index in [2.05, 4.69) is 58.5 Å². The van der Waals surface area contributed by atoms with Gasteiger partial charge in [-0.2, -0.15) is 0 Å². The molecule has 0 bridgehead atoms. The van der Waals surface area contributed by atoms with Crippen molar-refractivity contribution in [3.05, 3.63) is 105 Å². The van der Waals surface area contributed by atoms with Gasteiger partial charge in [-0.05, 0) is 59.6 Å². The van der Waals surface area contributed by atoms with Crippen molar-refractivity contribution >= 4 is 35.0 Å². The highest BCUT2D eigenvalue weighted by Gasteiger charge is 2.33. The second-order valence-electron chi connectivity index (χ2n) is 11.7. The number of nitrogens with one attached hydrogen (secondary N) is 2. The van der Waals surface area contributed by atoms with E-state index in [-0.39, 0.29) is 30.3 Å². The predicted octanol–water partition coefficient (Wildman–Crippen LogP) is 5.48. The Labute approximate surface area is 271 Å². The molecule has 0 aromatic heterocycles. The molecule has 0 spiro atoms. The van der Waals surface area contributed by atoms with Crippen molar-refractivity contribution in [1.29, 1.82) is 0 Å². The van der Waals surface area contributed by atoms with Crippen molar-refractivity contribution in [3.63, 3.8) is 0 Å². The highest BCUT2D eigenvalue weighted by atomic mass is 35.5. The molecule has 2 N–H and O–H groups in total. The number of carbonyl (C=O) groups is 2. The van der Waals surface area contributed by atoms with Gasteiger partial charge in [0, 0.05) is 74.2 Å². The summed E-state index contributed by atoms with van der Waals surface area (Å²) in [4.78, 5) is 34.2. The molecule has 0 radical (unpaired) electrons. The van der Waals surface area contributed by atoms with Crippen LogP contribution in [0, 0.1) is 0 Å². The van der Waals surface area contributed by atoms with Gasteiger partial charge in [0.05, 0.1) is 0 Å². The lowest BCUT2D eigenvalue weighted by molar-refractivity contribution is -0.138. The molecule has 7 nitrogen and oxygen atoms in total. The zero-order valence-corrected chi connectivity index (χ0v) is 27.2. The van der Waals surface area contributed by atoms with Gasteiger partial charge in [-0.1, -0.05) is 85.6 Å². The molecule has 3 aromatic carbocycles. The summed E-state index contributed by atoms with van der Waals surface area (Å²) in [7, 11) is 0. The smallest absolute Gasteiger partial charge is 0.245 e. The normalized spacial score (nSPS) is 18.2. The van der Waals surface area contributed by atoms with E-state index in [9.17, 15) is 9.59 Å². The molecule has 234 valence electrons. The first-order valence-electron chi connectivity index (χ1n) is 15.7. The molecule has 3 atom stereocenters. The molecule has 2 aliphatic heterocycles. The number of hydrogen-bond acceptors (Lipinski definition) is 5. The van der Waals surface area contributed by atoms with Crippen LogP contribution in [0.1, 0.15) is 54.6 Å². The highest BCUT2D eigenvalue weighted by Crippen LogP contribution is 2.28. The van der Waals surface area contributed by atoms with Gasteiger partial charge in [-0.25, -0.2) is 0 Å². The molecule has 2 aliphatic rings. The van der Waals surface area contributed by atoms with Crippen molar-refractivity contribution in [3.8, 4) is 0 Å². The molecule has 5 rings (SSSR count). The first-order valence-corrected chi connectivity index (χ1v) is 16.5. The molecule has 3 unspecified atom stereocenters. The summed E-state index contributed by atoms with van der Waals surface area (Å²) in [6.07, 6.45) is 0.690. The van der Waals surface area contributed by atoms with Crippen LogP contribution in [-0.2, 0) is 22.6 Å². The molecular weight excluding hydrogens is 593 g/mol. The van der Waals surface area contributed by atoms with Crippen LogP contribution >= 0.6 is 23.2 Å². The second kappa shape index (κ2) is 15.4. The maximum absolute atomic E-state index is 14.0. The van der Waals surface area contributed by atoms with Crippen LogP contribution in [0.2, 0.25) is 10.0 Å². The SMILES string of the molecule is CCN(CC)CC(c1ccc(Cl)cc1)N1CCN(C(=O)C(Cc2ccc(Cl)cc2)NC(=O)CC2NCc3ccccc32)CC1. The zero-order chi connectivity index (χ0) is 31.1. The molecule has 1 fully saturated rings. The maximum Gasteiger partial charge on any atom is 0.245 e. The van der Waals surface area contributed by atoms with Gasteiger partial charge in [-0.3, -0.25) is 14.5 Å². The Morgan fingerprint density at radius 2 is 1.55 bits per heavy atom.